The molecule has 1 aliphatic rings. The highest BCUT2D eigenvalue weighted by atomic mass is 35.5. The molecule has 3 aromatic rings. The monoisotopic (exact) mass is 355 g/mol. The Labute approximate surface area is 152 Å². The van der Waals surface area contributed by atoms with Gasteiger partial charge in [0.25, 0.3) is 0 Å². The van der Waals surface area contributed by atoms with Crippen LogP contribution in [0.15, 0.2) is 36.7 Å². The zero-order valence-corrected chi connectivity index (χ0v) is 15.2. The molecular formula is C19H22ClN5. The van der Waals surface area contributed by atoms with Crippen LogP contribution in [0.1, 0.15) is 13.3 Å². The van der Waals surface area contributed by atoms with Crippen molar-refractivity contribution in [1.82, 2.24) is 19.9 Å². The zero-order chi connectivity index (χ0) is 17.4. The van der Waals surface area contributed by atoms with E-state index in [1.165, 1.54) is 0 Å². The number of aromatic nitrogens is 3. The number of H-pyrrole nitrogens is 1. The van der Waals surface area contributed by atoms with E-state index in [1.807, 2.05) is 24.4 Å². The van der Waals surface area contributed by atoms with Crippen molar-refractivity contribution in [3.05, 3.63) is 41.7 Å². The van der Waals surface area contributed by atoms with Crippen molar-refractivity contribution in [2.75, 3.05) is 25.5 Å². The lowest BCUT2D eigenvalue weighted by molar-refractivity contribution is 0.207. The summed E-state index contributed by atoms with van der Waals surface area (Å²) in [6.45, 7) is 4.42. The van der Waals surface area contributed by atoms with Gasteiger partial charge in [-0.1, -0.05) is 36.7 Å². The zero-order valence-electron chi connectivity index (χ0n) is 14.5. The van der Waals surface area contributed by atoms with Crippen LogP contribution < -0.4 is 5.32 Å². The molecule has 1 saturated heterocycles. The Kier molecular flexibility index (Phi) is 4.36. The van der Waals surface area contributed by atoms with Gasteiger partial charge in [0, 0.05) is 41.8 Å². The number of nitrogens with zero attached hydrogens (tertiary/aromatic N) is 3. The highest BCUT2D eigenvalue weighted by Gasteiger charge is 2.23. The van der Waals surface area contributed by atoms with Crippen molar-refractivity contribution >= 4 is 28.5 Å². The van der Waals surface area contributed by atoms with E-state index in [4.69, 9.17) is 16.6 Å². The van der Waals surface area contributed by atoms with Crippen LogP contribution in [0.2, 0.25) is 5.02 Å². The van der Waals surface area contributed by atoms with Crippen LogP contribution in [-0.2, 0) is 0 Å². The normalized spacial score (nSPS) is 21.6. The first-order valence-corrected chi connectivity index (χ1v) is 9.02. The standard InChI is InChI=1S/C19H22ClN5/c1-12-7-13(11-25(2)10-12)23-19-22-9-16(20)18(24-19)15-8-21-17-6-4-3-5-14(15)17/h3-6,8-9,12-13,21H,7,10-11H2,1-2H3,(H,22,23,24). The summed E-state index contributed by atoms with van der Waals surface area (Å²) in [4.78, 5) is 14.7. The second kappa shape index (κ2) is 6.65. The molecule has 2 atom stereocenters. The number of rotatable bonds is 3. The number of piperidine rings is 1. The minimum atomic E-state index is 0.353. The number of para-hydroxylation sites is 1. The third-order valence-electron chi connectivity index (χ3n) is 4.76. The van der Waals surface area contributed by atoms with Gasteiger partial charge in [0.1, 0.15) is 0 Å². The van der Waals surface area contributed by atoms with Crippen LogP contribution in [-0.4, -0.2) is 46.0 Å². The van der Waals surface area contributed by atoms with E-state index in [-0.39, 0.29) is 0 Å². The van der Waals surface area contributed by atoms with E-state index in [1.54, 1.807) is 6.20 Å². The molecule has 2 N–H and O–H groups in total. The number of fused-ring (bicyclic) bond motifs is 1. The molecule has 1 fully saturated rings. The summed E-state index contributed by atoms with van der Waals surface area (Å²) in [6.07, 6.45) is 4.77. The predicted octanol–water partition coefficient (Wildman–Crippen LogP) is 4.03. The Bertz CT molecular complexity index is 880. The molecule has 0 spiro atoms. The summed E-state index contributed by atoms with van der Waals surface area (Å²) in [5, 5.41) is 5.16. The fourth-order valence-corrected chi connectivity index (χ4v) is 3.99. The van der Waals surface area contributed by atoms with Gasteiger partial charge in [0.05, 0.1) is 16.9 Å². The Morgan fingerprint density at radius 2 is 2.12 bits per heavy atom. The highest BCUT2D eigenvalue weighted by molar-refractivity contribution is 6.33. The summed E-state index contributed by atoms with van der Waals surface area (Å²) >= 11 is 6.40. The van der Waals surface area contributed by atoms with Crippen molar-refractivity contribution in [3.63, 3.8) is 0 Å². The Balaban J connectivity index is 1.65. The lowest BCUT2D eigenvalue weighted by Gasteiger charge is -2.34. The van der Waals surface area contributed by atoms with Gasteiger partial charge < -0.3 is 15.2 Å². The molecule has 130 valence electrons. The van der Waals surface area contributed by atoms with Gasteiger partial charge >= 0.3 is 0 Å². The van der Waals surface area contributed by atoms with Gasteiger partial charge in [-0.3, -0.25) is 0 Å². The second-order valence-corrected chi connectivity index (χ2v) is 7.45. The number of nitrogens with one attached hydrogen (secondary N) is 2. The molecule has 6 heteroatoms. The molecule has 0 bridgehead atoms. The van der Waals surface area contributed by atoms with Gasteiger partial charge in [-0.2, -0.15) is 0 Å². The van der Waals surface area contributed by atoms with Crippen molar-refractivity contribution in [2.24, 2.45) is 5.92 Å². The molecule has 0 saturated carbocycles. The molecule has 2 aromatic heterocycles. The molecule has 0 aliphatic carbocycles. The lowest BCUT2D eigenvalue weighted by Crippen LogP contribution is -2.43. The SMILES string of the molecule is CC1CC(Nc2ncc(Cl)c(-c3c[nH]c4ccccc34)n2)CN(C)C1. The van der Waals surface area contributed by atoms with Gasteiger partial charge in [-0.05, 0) is 25.5 Å². The lowest BCUT2D eigenvalue weighted by atomic mass is 9.96. The summed E-state index contributed by atoms with van der Waals surface area (Å²) < 4.78 is 0. The molecule has 1 aromatic carbocycles. The Hall–Kier alpha value is -2.11. The third-order valence-corrected chi connectivity index (χ3v) is 5.04. The van der Waals surface area contributed by atoms with Crippen LogP contribution >= 0.6 is 11.6 Å². The third kappa shape index (κ3) is 3.34. The van der Waals surface area contributed by atoms with Crippen molar-refractivity contribution in [2.45, 2.75) is 19.4 Å². The smallest absolute Gasteiger partial charge is 0.223 e. The quantitative estimate of drug-likeness (QED) is 0.744. The van der Waals surface area contributed by atoms with E-state index in [9.17, 15) is 0 Å². The first kappa shape index (κ1) is 16.4. The number of hydrogen-bond donors (Lipinski definition) is 2. The summed E-state index contributed by atoms with van der Waals surface area (Å²) in [7, 11) is 2.16. The topological polar surface area (TPSA) is 56.8 Å². The minimum absolute atomic E-state index is 0.353. The van der Waals surface area contributed by atoms with Crippen molar-refractivity contribution in [3.8, 4) is 11.3 Å². The summed E-state index contributed by atoms with van der Waals surface area (Å²) in [6, 6.07) is 8.51. The fraction of sp³-hybridized carbons (Fsp3) is 0.368. The van der Waals surface area contributed by atoms with Crippen molar-refractivity contribution < 1.29 is 0 Å². The Morgan fingerprint density at radius 3 is 2.96 bits per heavy atom. The van der Waals surface area contributed by atoms with Gasteiger partial charge in [0.2, 0.25) is 5.95 Å². The first-order chi connectivity index (χ1) is 12.1. The number of aromatic amines is 1. The molecule has 5 nitrogen and oxygen atoms in total. The fourth-order valence-electron chi connectivity index (χ4n) is 3.80. The number of halogens is 1. The van der Waals surface area contributed by atoms with Crippen LogP contribution in [0.4, 0.5) is 5.95 Å². The van der Waals surface area contributed by atoms with E-state index < -0.39 is 0 Å². The first-order valence-electron chi connectivity index (χ1n) is 8.64. The minimum Gasteiger partial charge on any atom is -0.360 e. The maximum absolute atomic E-state index is 6.40. The Morgan fingerprint density at radius 1 is 1.28 bits per heavy atom. The highest BCUT2D eigenvalue weighted by Crippen LogP contribution is 2.32. The predicted molar refractivity (Wildman–Crippen MR) is 103 cm³/mol. The number of likely N-dealkylation sites (N-methyl/N-ethyl adjacent to an activating group) is 1. The summed E-state index contributed by atoms with van der Waals surface area (Å²) in [5.41, 5.74) is 2.83. The van der Waals surface area contributed by atoms with Crippen LogP contribution in [0.25, 0.3) is 22.2 Å². The molecule has 4 rings (SSSR count). The number of benzene rings is 1. The molecule has 25 heavy (non-hydrogen) atoms. The van der Waals surface area contributed by atoms with E-state index >= 15 is 0 Å². The van der Waals surface area contributed by atoms with Gasteiger partial charge in [-0.15, -0.1) is 0 Å². The molecule has 1 aliphatic heterocycles. The molecule has 0 radical (unpaired) electrons. The molecule has 2 unspecified atom stereocenters. The average molecular weight is 356 g/mol. The van der Waals surface area contributed by atoms with Crippen LogP contribution in [0.3, 0.4) is 0 Å². The largest absolute Gasteiger partial charge is 0.360 e. The second-order valence-electron chi connectivity index (χ2n) is 7.04. The summed E-state index contributed by atoms with van der Waals surface area (Å²) in [5.74, 6) is 1.30. The number of likely N-dealkylation sites (tertiary alicyclic amines) is 1. The van der Waals surface area contributed by atoms with Gasteiger partial charge in [0.15, 0.2) is 0 Å². The van der Waals surface area contributed by atoms with Crippen molar-refractivity contribution in [1.29, 1.82) is 0 Å². The molecule has 3 heterocycles. The average Bonchev–Trinajstić information content (AvgIpc) is 3.00. The van der Waals surface area contributed by atoms with E-state index in [2.05, 4.69) is 40.2 Å². The van der Waals surface area contributed by atoms with Gasteiger partial charge in [-0.25, -0.2) is 9.97 Å². The van der Waals surface area contributed by atoms with Crippen LogP contribution in [0, 0.1) is 5.92 Å². The maximum atomic E-state index is 6.40. The molecular weight excluding hydrogens is 334 g/mol. The number of anilines is 1. The maximum Gasteiger partial charge on any atom is 0.223 e. The molecule has 0 amide bonds. The number of hydrogen-bond acceptors (Lipinski definition) is 4. The van der Waals surface area contributed by atoms with E-state index in [0.29, 0.717) is 22.9 Å². The van der Waals surface area contributed by atoms with Crippen LogP contribution in [0.5, 0.6) is 0 Å². The van der Waals surface area contributed by atoms with E-state index in [0.717, 1.165) is 41.7 Å².